The van der Waals surface area contributed by atoms with Gasteiger partial charge in [0.1, 0.15) is 12.4 Å². The Morgan fingerprint density at radius 2 is 2.13 bits per heavy atom. The lowest BCUT2D eigenvalue weighted by Gasteiger charge is -2.32. The summed E-state index contributed by atoms with van der Waals surface area (Å²) in [5.74, 6) is 0.768. The fourth-order valence-electron chi connectivity index (χ4n) is 1.94. The first-order valence-electron chi connectivity index (χ1n) is 5.40. The molecular formula is C10H17N3OS. The minimum Gasteiger partial charge on any atom is -0.467 e. The Balaban J connectivity index is 1.86. The average Bonchev–Trinajstić information content (AvgIpc) is 2.63. The van der Waals surface area contributed by atoms with Crippen LogP contribution in [0.4, 0.5) is 0 Å². The Bertz CT molecular complexity index is 320. The van der Waals surface area contributed by atoms with Crippen LogP contribution in [-0.2, 0) is 0 Å². The summed E-state index contributed by atoms with van der Waals surface area (Å²) < 4.78 is 9.66. The van der Waals surface area contributed by atoms with Gasteiger partial charge in [0, 0.05) is 11.5 Å². The Morgan fingerprint density at radius 1 is 1.40 bits per heavy atom. The van der Waals surface area contributed by atoms with Crippen LogP contribution in [0.25, 0.3) is 0 Å². The first kappa shape index (κ1) is 10.8. The first-order chi connectivity index (χ1) is 7.18. The van der Waals surface area contributed by atoms with Gasteiger partial charge in [-0.05, 0) is 19.8 Å². The van der Waals surface area contributed by atoms with Crippen LogP contribution in [-0.4, -0.2) is 21.5 Å². The topological polar surface area (TPSA) is 61.0 Å². The Hall–Kier alpha value is -0.680. The van der Waals surface area contributed by atoms with Crippen molar-refractivity contribution >= 4 is 11.5 Å². The highest BCUT2D eigenvalue weighted by molar-refractivity contribution is 7.07. The second-order valence-electron chi connectivity index (χ2n) is 4.32. The molecule has 2 N–H and O–H groups in total. The quantitative estimate of drug-likeness (QED) is 0.856. The predicted octanol–water partition coefficient (Wildman–Crippen LogP) is 1.89. The number of nitrogens with two attached hydrogens (primary N) is 1. The fraction of sp³-hybridized carbons (Fsp3) is 0.800. The molecule has 0 aromatic carbocycles. The Kier molecular flexibility index (Phi) is 3.21. The summed E-state index contributed by atoms with van der Waals surface area (Å²) in [6.07, 6.45) is 5.86. The molecule has 4 nitrogen and oxygen atoms in total. The molecule has 0 aliphatic heterocycles. The van der Waals surface area contributed by atoms with Gasteiger partial charge in [0.15, 0.2) is 0 Å². The molecule has 0 radical (unpaired) electrons. The molecule has 0 atom stereocenters. The summed E-state index contributed by atoms with van der Waals surface area (Å²) in [7, 11) is 0. The minimum absolute atomic E-state index is 0.141. The van der Waals surface area contributed by atoms with E-state index in [1.807, 2.05) is 6.92 Å². The van der Waals surface area contributed by atoms with Gasteiger partial charge >= 0.3 is 0 Å². The maximum absolute atomic E-state index is 6.25. The number of hydrogen-bond donors (Lipinski definition) is 1. The summed E-state index contributed by atoms with van der Waals surface area (Å²) in [6, 6.07) is 0. The molecule has 1 aliphatic rings. The molecular weight excluding hydrogens is 210 g/mol. The van der Waals surface area contributed by atoms with Crippen LogP contribution >= 0.6 is 11.5 Å². The van der Waals surface area contributed by atoms with Gasteiger partial charge in [0.25, 0.3) is 5.19 Å². The van der Waals surface area contributed by atoms with E-state index >= 15 is 0 Å². The van der Waals surface area contributed by atoms with Crippen LogP contribution < -0.4 is 10.5 Å². The van der Waals surface area contributed by atoms with E-state index in [1.54, 1.807) is 0 Å². The van der Waals surface area contributed by atoms with Gasteiger partial charge in [-0.3, -0.25) is 0 Å². The molecule has 0 bridgehead atoms. The predicted molar refractivity (Wildman–Crippen MR) is 60.1 cm³/mol. The highest BCUT2D eigenvalue weighted by atomic mass is 32.1. The number of rotatable bonds is 3. The molecule has 1 aromatic rings. The summed E-state index contributed by atoms with van der Waals surface area (Å²) in [5.41, 5.74) is 6.10. The average molecular weight is 227 g/mol. The zero-order valence-corrected chi connectivity index (χ0v) is 9.85. The zero-order chi connectivity index (χ0) is 10.7. The maximum atomic E-state index is 6.25. The molecule has 1 aliphatic carbocycles. The molecule has 1 heterocycles. The smallest absolute Gasteiger partial charge is 0.293 e. The van der Waals surface area contributed by atoms with E-state index in [2.05, 4.69) is 9.36 Å². The minimum atomic E-state index is -0.141. The van der Waals surface area contributed by atoms with E-state index in [0.717, 1.165) is 18.7 Å². The van der Waals surface area contributed by atoms with Gasteiger partial charge in [-0.1, -0.05) is 19.3 Å². The molecule has 1 saturated carbocycles. The number of nitrogens with zero attached hydrogens (tertiary/aromatic N) is 2. The lowest BCUT2D eigenvalue weighted by atomic mass is 9.83. The number of aryl methyl sites for hydroxylation is 1. The standard InChI is InChI=1S/C10H17N3OS/c1-8-12-9(15-13-8)14-7-10(11)5-3-2-4-6-10/h2-7,11H2,1H3. The Labute approximate surface area is 94.0 Å². The summed E-state index contributed by atoms with van der Waals surface area (Å²) in [5, 5.41) is 0.642. The van der Waals surface area contributed by atoms with Crippen molar-refractivity contribution in [3.05, 3.63) is 5.82 Å². The van der Waals surface area contributed by atoms with E-state index in [1.165, 1.54) is 30.8 Å². The fourth-order valence-corrected chi connectivity index (χ4v) is 2.48. The normalized spacial score (nSPS) is 20.1. The van der Waals surface area contributed by atoms with Crippen molar-refractivity contribution in [2.75, 3.05) is 6.61 Å². The van der Waals surface area contributed by atoms with Crippen molar-refractivity contribution in [3.8, 4) is 5.19 Å². The molecule has 15 heavy (non-hydrogen) atoms. The van der Waals surface area contributed by atoms with Crippen molar-refractivity contribution in [1.82, 2.24) is 9.36 Å². The van der Waals surface area contributed by atoms with E-state index < -0.39 is 0 Å². The van der Waals surface area contributed by atoms with Crippen LogP contribution in [0.1, 0.15) is 37.9 Å². The van der Waals surface area contributed by atoms with Crippen LogP contribution in [0.3, 0.4) is 0 Å². The second-order valence-corrected chi connectivity index (χ2v) is 5.03. The zero-order valence-electron chi connectivity index (χ0n) is 9.03. The molecule has 1 aromatic heterocycles. The van der Waals surface area contributed by atoms with Crippen molar-refractivity contribution in [1.29, 1.82) is 0 Å². The third kappa shape index (κ3) is 2.89. The monoisotopic (exact) mass is 227 g/mol. The van der Waals surface area contributed by atoms with Gasteiger partial charge in [-0.15, -0.1) is 0 Å². The number of ether oxygens (including phenoxy) is 1. The number of hydrogen-bond acceptors (Lipinski definition) is 5. The highest BCUT2D eigenvalue weighted by Crippen LogP contribution is 2.27. The van der Waals surface area contributed by atoms with Gasteiger partial charge < -0.3 is 10.5 Å². The van der Waals surface area contributed by atoms with E-state index in [4.69, 9.17) is 10.5 Å². The molecule has 1 fully saturated rings. The van der Waals surface area contributed by atoms with Gasteiger partial charge in [-0.25, -0.2) is 0 Å². The third-order valence-electron chi connectivity index (χ3n) is 2.84. The maximum Gasteiger partial charge on any atom is 0.293 e. The SMILES string of the molecule is Cc1nsc(OCC2(N)CCCCC2)n1. The second kappa shape index (κ2) is 4.45. The van der Waals surface area contributed by atoms with Crippen molar-refractivity contribution in [2.45, 2.75) is 44.6 Å². The molecule has 0 spiro atoms. The van der Waals surface area contributed by atoms with Crippen molar-refractivity contribution in [2.24, 2.45) is 5.73 Å². The van der Waals surface area contributed by atoms with Gasteiger partial charge in [0.05, 0.1) is 5.54 Å². The van der Waals surface area contributed by atoms with Crippen molar-refractivity contribution < 1.29 is 4.74 Å². The van der Waals surface area contributed by atoms with Crippen LogP contribution in [0.5, 0.6) is 5.19 Å². The van der Waals surface area contributed by atoms with Crippen LogP contribution in [0, 0.1) is 6.92 Å². The highest BCUT2D eigenvalue weighted by Gasteiger charge is 2.28. The molecule has 0 amide bonds. The third-order valence-corrected chi connectivity index (χ3v) is 3.56. The summed E-state index contributed by atoms with van der Waals surface area (Å²) in [4.78, 5) is 4.16. The lowest BCUT2D eigenvalue weighted by molar-refractivity contribution is 0.173. The first-order valence-corrected chi connectivity index (χ1v) is 6.17. The lowest BCUT2D eigenvalue weighted by Crippen LogP contribution is -2.47. The van der Waals surface area contributed by atoms with Gasteiger partial charge in [0.2, 0.25) is 0 Å². The molecule has 0 saturated heterocycles. The Morgan fingerprint density at radius 3 is 2.73 bits per heavy atom. The van der Waals surface area contributed by atoms with Crippen LogP contribution in [0.2, 0.25) is 0 Å². The largest absolute Gasteiger partial charge is 0.467 e. The molecule has 5 heteroatoms. The molecule has 84 valence electrons. The van der Waals surface area contributed by atoms with E-state index in [-0.39, 0.29) is 5.54 Å². The molecule has 2 rings (SSSR count). The molecule has 0 unspecified atom stereocenters. The van der Waals surface area contributed by atoms with E-state index in [9.17, 15) is 0 Å². The number of aromatic nitrogens is 2. The van der Waals surface area contributed by atoms with Crippen LogP contribution in [0.15, 0.2) is 0 Å². The summed E-state index contributed by atoms with van der Waals surface area (Å²) >= 11 is 1.30. The van der Waals surface area contributed by atoms with E-state index in [0.29, 0.717) is 11.8 Å². The summed E-state index contributed by atoms with van der Waals surface area (Å²) in [6.45, 7) is 2.43. The van der Waals surface area contributed by atoms with Crippen molar-refractivity contribution in [3.63, 3.8) is 0 Å². The van der Waals surface area contributed by atoms with Gasteiger partial charge in [-0.2, -0.15) is 9.36 Å².